The highest BCUT2D eigenvalue weighted by atomic mass is 35.5. The summed E-state index contributed by atoms with van der Waals surface area (Å²) in [5.41, 5.74) is 3.24. The van der Waals surface area contributed by atoms with Crippen LogP contribution in [0.2, 0.25) is 5.02 Å². The van der Waals surface area contributed by atoms with Gasteiger partial charge in [0.15, 0.2) is 0 Å². The van der Waals surface area contributed by atoms with Gasteiger partial charge in [0.25, 0.3) is 0 Å². The largest absolute Gasteiger partial charge is 0.345 e. The number of hydrogen-bond donors (Lipinski definition) is 1. The van der Waals surface area contributed by atoms with Gasteiger partial charge >= 0.3 is 6.03 Å². The standard InChI is InChI=1S/C18H21ClN2O2/c1-21(23-2)18(22)20-17-8-4-7-15(13-17)6-3-5-14-9-11-16(19)12-10-14/h4,7-13H,3,5-6H2,1-2H3,(H,20,22). The van der Waals surface area contributed by atoms with E-state index in [1.54, 1.807) is 7.05 Å². The van der Waals surface area contributed by atoms with E-state index in [4.69, 9.17) is 16.4 Å². The summed E-state index contributed by atoms with van der Waals surface area (Å²) in [5, 5.41) is 4.70. The topological polar surface area (TPSA) is 41.6 Å². The average molecular weight is 333 g/mol. The molecule has 2 amide bonds. The Kier molecular flexibility index (Phi) is 6.44. The molecular weight excluding hydrogens is 312 g/mol. The van der Waals surface area contributed by atoms with Crippen LogP contribution in [-0.2, 0) is 17.7 Å². The number of carbonyl (C=O) groups excluding carboxylic acids is 1. The smallest absolute Gasteiger partial charge is 0.306 e. The van der Waals surface area contributed by atoms with Crippen LogP contribution < -0.4 is 5.32 Å². The van der Waals surface area contributed by atoms with Crippen molar-refractivity contribution in [3.8, 4) is 0 Å². The zero-order valence-electron chi connectivity index (χ0n) is 13.4. The van der Waals surface area contributed by atoms with Crippen molar-refractivity contribution in [3.05, 3.63) is 64.7 Å². The molecule has 2 aromatic rings. The lowest BCUT2D eigenvalue weighted by Crippen LogP contribution is -2.30. The van der Waals surface area contributed by atoms with Gasteiger partial charge in [-0.1, -0.05) is 35.9 Å². The first kappa shape index (κ1) is 17.3. The number of anilines is 1. The first-order valence-electron chi connectivity index (χ1n) is 7.50. The molecule has 0 aliphatic rings. The summed E-state index contributed by atoms with van der Waals surface area (Å²) in [6.07, 6.45) is 2.99. The number of urea groups is 1. The molecule has 122 valence electrons. The Hall–Kier alpha value is -2.04. The number of nitrogens with one attached hydrogen (secondary N) is 1. The van der Waals surface area contributed by atoms with Crippen molar-refractivity contribution < 1.29 is 9.63 Å². The Morgan fingerprint density at radius 3 is 2.52 bits per heavy atom. The molecule has 0 unspecified atom stereocenters. The van der Waals surface area contributed by atoms with Crippen molar-refractivity contribution in [3.63, 3.8) is 0 Å². The Balaban J connectivity index is 1.87. The minimum absolute atomic E-state index is 0.300. The first-order chi connectivity index (χ1) is 11.1. The summed E-state index contributed by atoms with van der Waals surface area (Å²) in [5.74, 6) is 0. The minimum Gasteiger partial charge on any atom is -0.306 e. The first-order valence-corrected chi connectivity index (χ1v) is 7.88. The number of aryl methyl sites for hydroxylation is 2. The molecule has 0 bridgehead atoms. The van der Waals surface area contributed by atoms with Gasteiger partial charge in [-0.25, -0.2) is 9.86 Å². The zero-order valence-corrected chi connectivity index (χ0v) is 14.1. The van der Waals surface area contributed by atoms with Gasteiger partial charge in [-0.2, -0.15) is 0 Å². The molecule has 0 aliphatic heterocycles. The van der Waals surface area contributed by atoms with E-state index in [2.05, 4.69) is 23.5 Å². The van der Waals surface area contributed by atoms with Crippen molar-refractivity contribution in [2.24, 2.45) is 0 Å². The molecule has 0 saturated heterocycles. The summed E-state index contributed by atoms with van der Waals surface area (Å²) in [6.45, 7) is 0. The molecule has 2 aromatic carbocycles. The molecule has 2 rings (SSSR count). The van der Waals surface area contributed by atoms with Gasteiger partial charge in [-0.3, -0.25) is 4.84 Å². The van der Waals surface area contributed by atoms with Crippen LogP contribution in [-0.4, -0.2) is 25.3 Å². The fraction of sp³-hybridized carbons (Fsp3) is 0.278. The molecule has 0 aliphatic carbocycles. The third kappa shape index (κ3) is 5.58. The number of benzene rings is 2. The lowest BCUT2D eigenvalue weighted by atomic mass is 10.0. The molecule has 0 saturated carbocycles. The van der Waals surface area contributed by atoms with Crippen molar-refractivity contribution in [1.29, 1.82) is 0 Å². The normalized spacial score (nSPS) is 10.4. The quantitative estimate of drug-likeness (QED) is 0.789. The summed E-state index contributed by atoms with van der Waals surface area (Å²) in [6, 6.07) is 15.5. The average Bonchev–Trinajstić information content (AvgIpc) is 2.56. The van der Waals surface area contributed by atoms with Crippen molar-refractivity contribution in [2.45, 2.75) is 19.3 Å². The van der Waals surface area contributed by atoms with E-state index >= 15 is 0 Å². The lowest BCUT2D eigenvalue weighted by molar-refractivity contribution is -0.0598. The minimum atomic E-state index is -0.300. The summed E-state index contributed by atoms with van der Waals surface area (Å²) >= 11 is 5.89. The van der Waals surface area contributed by atoms with Gasteiger partial charge < -0.3 is 5.32 Å². The van der Waals surface area contributed by atoms with Gasteiger partial charge in [-0.15, -0.1) is 0 Å². The number of carbonyl (C=O) groups is 1. The summed E-state index contributed by atoms with van der Waals surface area (Å²) < 4.78 is 0. The molecule has 0 heterocycles. The predicted molar refractivity (Wildman–Crippen MR) is 93.7 cm³/mol. The molecule has 5 heteroatoms. The van der Waals surface area contributed by atoms with Crippen LogP contribution in [0.4, 0.5) is 10.5 Å². The van der Waals surface area contributed by atoms with E-state index in [0.29, 0.717) is 0 Å². The Bertz CT molecular complexity index is 644. The van der Waals surface area contributed by atoms with Crippen LogP contribution in [0.5, 0.6) is 0 Å². The third-order valence-electron chi connectivity index (χ3n) is 3.58. The van der Waals surface area contributed by atoms with E-state index in [1.807, 2.05) is 30.3 Å². The Morgan fingerprint density at radius 2 is 1.83 bits per heavy atom. The molecule has 0 radical (unpaired) electrons. The Labute approximate surface area is 142 Å². The van der Waals surface area contributed by atoms with Crippen LogP contribution in [0.3, 0.4) is 0 Å². The Morgan fingerprint density at radius 1 is 1.13 bits per heavy atom. The predicted octanol–water partition coefficient (Wildman–Crippen LogP) is 4.54. The van der Waals surface area contributed by atoms with Crippen molar-refractivity contribution in [1.82, 2.24) is 5.06 Å². The number of amides is 2. The number of hydroxylamine groups is 2. The maximum atomic E-state index is 11.8. The third-order valence-corrected chi connectivity index (χ3v) is 3.83. The maximum Gasteiger partial charge on any atom is 0.345 e. The lowest BCUT2D eigenvalue weighted by Gasteiger charge is -2.15. The second-order valence-corrected chi connectivity index (χ2v) is 5.73. The molecule has 23 heavy (non-hydrogen) atoms. The molecular formula is C18H21ClN2O2. The number of hydrogen-bond acceptors (Lipinski definition) is 2. The van der Waals surface area contributed by atoms with Crippen LogP contribution in [0.15, 0.2) is 48.5 Å². The maximum absolute atomic E-state index is 11.8. The van der Waals surface area contributed by atoms with Crippen LogP contribution in [0, 0.1) is 0 Å². The SMILES string of the molecule is CON(C)C(=O)Nc1cccc(CCCc2ccc(Cl)cc2)c1. The highest BCUT2D eigenvalue weighted by molar-refractivity contribution is 6.30. The van der Waals surface area contributed by atoms with Crippen LogP contribution >= 0.6 is 11.6 Å². The summed E-state index contributed by atoms with van der Waals surface area (Å²) in [4.78, 5) is 16.6. The van der Waals surface area contributed by atoms with Gasteiger partial charge in [0, 0.05) is 17.8 Å². The van der Waals surface area contributed by atoms with E-state index in [9.17, 15) is 4.79 Å². The fourth-order valence-corrected chi connectivity index (χ4v) is 2.36. The van der Waals surface area contributed by atoms with Crippen molar-refractivity contribution >= 4 is 23.3 Å². The van der Waals surface area contributed by atoms with Crippen molar-refractivity contribution in [2.75, 3.05) is 19.5 Å². The van der Waals surface area contributed by atoms with E-state index < -0.39 is 0 Å². The van der Waals surface area contributed by atoms with Gasteiger partial charge in [-0.05, 0) is 54.7 Å². The van der Waals surface area contributed by atoms with Crippen LogP contribution in [0.1, 0.15) is 17.5 Å². The fourth-order valence-electron chi connectivity index (χ4n) is 2.24. The monoisotopic (exact) mass is 332 g/mol. The van der Waals surface area contributed by atoms with Gasteiger partial charge in [0.2, 0.25) is 0 Å². The molecule has 0 fully saturated rings. The highest BCUT2D eigenvalue weighted by Gasteiger charge is 2.07. The van der Waals surface area contributed by atoms with Crippen LogP contribution in [0.25, 0.3) is 0 Å². The number of rotatable bonds is 6. The van der Waals surface area contributed by atoms with E-state index in [0.717, 1.165) is 35.0 Å². The zero-order chi connectivity index (χ0) is 16.7. The summed E-state index contributed by atoms with van der Waals surface area (Å²) in [7, 11) is 3.01. The number of halogens is 1. The molecule has 0 atom stereocenters. The van der Waals surface area contributed by atoms with Gasteiger partial charge in [0.1, 0.15) is 0 Å². The molecule has 0 spiro atoms. The molecule has 0 aromatic heterocycles. The second kappa shape index (κ2) is 8.56. The highest BCUT2D eigenvalue weighted by Crippen LogP contribution is 2.15. The second-order valence-electron chi connectivity index (χ2n) is 5.29. The van der Waals surface area contributed by atoms with E-state index in [-0.39, 0.29) is 6.03 Å². The van der Waals surface area contributed by atoms with Gasteiger partial charge in [0.05, 0.1) is 7.11 Å². The number of nitrogens with zero attached hydrogens (tertiary/aromatic N) is 1. The van der Waals surface area contributed by atoms with E-state index in [1.165, 1.54) is 18.2 Å². The molecule has 1 N–H and O–H groups in total. The molecule has 4 nitrogen and oxygen atoms in total.